The topological polar surface area (TPSA) is 132 Å². The quantitative estimate of drug-likeness (QED) is 0.621. The summed E-state index contributed by atoms with van der Waals surface area (Å²) in [5.74, 6) is -4.94. The Balaban J connectivity index is 2.33. The third-order valence-electron chi connectivity index (χ3n) is 4.04. The Morgan fingerprint density at radius 3 is 2.42 bits per heavy atom. The highest BCUT2D eigenvalue weighted by Crippen LogP contribution is 2.30. The fourth-order valence-corrected chi connectivity index (χ4v) is 2.79. The minimum Gasteiger partial charge on any atom is -0.481 e. The van der Waals surface area contributed by atoms with E-state index in [1.54, 1.807) is 31.2 Å². The van der Waals surface area contributed by atoms with Crippen molar-refractivity contribution in [2.75, 3.05) is 0 Å². The van der Waals surface area contributed by atoms with Crippen molar-refractivity contribution in [2.24, 2.45) is 0 Å². The van der Waals surface area contributed by atoms with Crippen LogP contribution in [-0.4, -0.2) is 55.6 Å². The van der Waals surface area contributed by atoms with Crippen LogP contribution in [0.4, 0.5) is 0 Å². The van der Waals surface area contributed by atoms with Gasteiger partial charge in [0, 0.05) is 6.42 Å². The van der Waals surface area contributed by atoms with E-state index in [1.807, 2.05) is 0 Å². The van der Waals surface area contributed by atoms with Crippen LogP contribution in [-0.2, 0) is 25.6 Å². The Kier molecular flexibility index (Phi) is 4.70. The summed E-state index contributed by atoms with van der Waals surface area (Å²) < 4.78 is 0. The van der Waals surface area contributed by atoms with Crippen LogP contribution >= 0.6 is 0 Å². The first kappa shape index (κ1) is 17.6. The van der Waals surface area contributed by atoms with E-state index in [1.165, 1.54) is 0 Å². The molecule has 2 unspecified atom stereocenters. The third-order valence-corrected chi connectivity index (χ3v) is 4.04. The molecule has 1 fully saturated rings. The molecule has 8 heteroatoms. The lowest BCUT2D eigenvalue weighted by Gasteiger charge is -2.25. The Bertz CT molecular complexity index is 714. The van der Waals surface area contributed by atoms with Gasteiger partial charge in [-0.1, -0.05) is 24.3 Å². The maximum Gasteiger partial charge on any atom is 0.327 e. The molecule has 1 heterocycles. The number of aliphatic hydroxyl groups is 1. The number of carbonyl (C=O) groups excluding carboxylic acids is 2. The van der Waals surface area contributed by atoms with Gasteiger partial charge < -0.3 is 15.3 Å². The molecule has 1 aromatic carbocycles. The van der Waals surface area contributed by atoms with Crippen molar-refractivity contribution in [2.45, 2.75) is 37.8 Å². The van der Waals surface area contributed by atoms with Gasteiger partial charge in [-0.2, -0.15) is 0 Å². The molecule has 0 saturated carbocycles. The molecule has 1 aromatic rings. The largest absolute Gasteiger partial charge is 0.481 e. The zero-order chi connectivity index (χ0) is 18.1. The number of imide groups is 1. The maximum atomic E-state index is 12.3. The fraction of sp³-hybridized carbons (Fsp3) is 0.375. The Labute approximate surface area is 137 Å². The molecule has 3 N–H and O–H groups in total. The number of likely N-dealkylation sites (tertiary alicyclic amines) is 1. The number of carboxylic acids is 2. The molecular weight excluding hydrogens is 318 g/mol. The molecule has 0 radical (unpaired) electrons. The number of nitrogens with zero attached hydrogens (tertiary/aromatic N) is 1. The van der Waals surface area contributed by atoms with Crippen molar-refractivity contribution in [1.82, 2.24) is 4.90 Å². The first-order chi connectivity index (χ1) is 11.2. The number of hydrogen-bond acceptors (Lipinski definition) is 5. The predicted molar refractivity (Wildman–Crippen MR) is 80.0 cm³/mol. The van der Waals surface area contributed by atoms with E-state index >= 15 is 0 Å². The second kappa shape index (κ2) is 6.40. The second-order valence-electron chi connectivity index (χ2n) is 5.83. The van der Waals surface area contributed by atoms with Crippen LogP contribution in [0.1, 0.15) is 24.0 Å². The summed E-state index contributed by atoms with van der Waals surface area (Å²) >= 11 is 0. The molecule has 8 nitrogen and oxygen atoms in total. The summed E-state index contributed by atoms with van der Waals surface area (Å²) in [4.78, 5) is 47.3. The average molecular weight is 335 g/mol. The maximum absolute atomic E-state index is 12.3. The minimum atomic E-state index is -2.40. The van der Waals surface area contributed by atoms with Crippen molar-refractivity contribution in [3.8, 4) is 0 Å². The Hall–Kier alpha value is -2.74. The van der Waals surface area contributed by atoms with Gasteiger partial charge in [0.1, 0.15) is 6.04 Å². The van der Waals surface area contributed by atoms with Gasteiger partial charge in [0.25, 0.3) is 5.91 Å². The normalized spacial score (nSPS) is 21.8. The number of benzene rings is 1. The Morgan fingerprint density at radius 2 is 1.88 bits per heavy atom. The molecule has 128 valence electrons. The van der Waals surface area contributed by atoms with E-state index < -0.39 is 48.2 Å². The summed E-state index contributed by atoms with van der Waals surface area (Å²) in [5, 5.41) is 28.4. The molecule has 1 saturated heterocycles. The van der Waals surface area contributed by atoms with Crippen LogP contribution in [0.5, 0.6) is 0 Å². The van der Waals surface area contributed by atoms with Crippen molar-refractivity contribution in [3.63, 3.8) is 0 Å². The van der Waals surface area contributed by atoms with E-state index in [0.29, 0.717) is 10.5 Å². The molecule has 24 heavy (non-hydrogen) atoms. The summed E-state index contributed by atoms with van der Waals surface area (Å²) in [5.41, 5.74) is -0.967. The number of aryl methyl sites for hydroxylation is 1. The lowest BCUT2D eigenvalue weighted by molar-refractivity contribution is -0.160. The third kappa shape index (κ3) is 3.28. The molecule has 2 rings (SSSR count). The number of amides is 2. The highest BCUT2D eigenvalue weighted by Gasteiger charge is 2.55. The summed E-state index contributed by atoms with van der Waals surface area (Å²) in [6.45, 7) is 1.77. The van der Waals surface area contributed by atoms with Crippen LogP contribution in [0.25, 0.3) is 0 Å². The van der Waals surface area contributed by atoms with Gasteiger partial charge in [-0.3, -0.25) is 19.3 Å². The highest BCUT2D eigenvalue weighted by molar-refractivity contribution is 6.11. The number of carbonyl (C=O) groups is 4. The first-order valence-corrected chi connectivity index (χ1v) is 7.23. The summed E-state index contributed by atoms with van der Waals surface area (Å²) in [6, 6.07) is 5.42. The number of hydrogen-bond donors (Lipinski definition) is 3. The van der Waals surface area contributed by atoms with E-state index in [9.17, 15) is 29.4 Å². The second-order valence-corrected chi connectivity index (χ2v) is 5.83. The van der Waals surface area contributed by atoms with Gasteiger partial charge >= 0.3 is 11.9 Å². The van der Waals surface area contributed by atoms with Crippen LogP contribution in [0.3, 0.4) is 0 Å². The van der Waals surface area contributed by atoms with Crippen LogP contribution in [0.15, 0.2) is 24.3 Å². The Morgan fingerprint density at radius 1 is 1.25 bits per heavy atom. The SMILES string of the molecule is Cc1ccccc1CC(C(=O)O)N1C(=O)CC(O)(CC(=O)O)C1=O. The number of carboxylic acid groups (broad SMARTS) is 2. The van der Waals surface area contributed by atoms with Crippen molar-refractivity contribution in [1.29, 1.82) is 0 Å². The van der Waals surface area contributed by atoms with Crippen LogP contribution in [0, 0.1) is 6.92 Å². The van der Waals surface area contributed by atoms with Gasteiger partial charge in [-0.25, -0.2) is 4.79 Å². The molecule has 0 aliphatic carbocycles. The van der Waals surface area contributed by atoms with E-state index in [4.69, 9.17) is 5.11 Å². The minimum absolute atomic E-state index is 0.122. The monoisotopic (exact) mass is 335 g/mol. The molecule has 0 bridgehead atoms. The lowest BCUT2D eigenvalue weighted by atomic mass is 9.97. The van der Waals surface area contributed by atoms with Gasteiger partial charge in [0.15, 0.2) is 5.60 Å². The van der Waals surface area contributed by atoms with Crippen molar-refractivity contribution < 1.29 is 34.5 Å². The average Bonchev–Trinajstić information content (AvgIpc) is 2.67. The molecule has 2 amide bonds. The molecule has 0 spiro atoms. The summed E-state index contributed by atoms with van der Waals surface area (Å²) in [6.07, 6.45) is -1.82. The standard InChI is InChI=1S/C16H17NO7/c1-9-4-2-3-5-10(9)6-11(14(21)22)17-12(18)7-16(24,15(17)23)8-13(19)20/h2-5,11,24H,6-8H2,1H3,(H,19,20)(H,21,22). The van der Waals surface area contributed by atoms with Gasteiger partial charge in [0.05, 0.1) is 12.8 Å². The van der Waals surface area contributed by atoms with Gasteiger partial charge in [0.2, 0.25) is 5.91 Å². The number of aliphatic carboxylic acids is 2. The molecular formula is C16H17NO7. The van der Waals surface area contributed by atoms with Gasteiger partial charge in [-0.05, 0) is 18.1 Å². The fourth-order valence-electron chi connectivity index (χ4n) is 2.79. The van der Waals surface area contributed by atoms with Crippen molar-refractivity contribution >= 4 is 23.8 Å². The van der Waals surface area contributed by atoms with Crippen LogP contribution in [0.2, 0.25) is 0 Å². The van der Waals surface area contributed by atoms with Gasteiger partial charge in [-0.15, -0.1) is 0 Å². The van der Waals surface area contributed by atoms with E-state index in [-0.39, 0.29) is 6.42 Å². The molecule has 1 aliphatic rings. The predicted octanol–water partition coefficient (Wildman–Crippen LogP) is -0.0446. The molecule has 1 aliphatic heterocycles. The molecule has 0 aromatic heterocycles. The van der Waals surface area contributed by atoms with Crippen LogP contribution < -0.4 is 0 Å². The number of rotatable bonds is 6. The molecule has 2 atom stereocenters. The van der Waals surface area contributed by atoms with E-state index in [2.05, 4.69) is 0 Å². The lowest BCUT2D eigenvalue weighted by Crippen LogP contribution is -2.50. The zero-order valence-electron chi connectivity index (χ0n) is 12.9. The smallest absolute Gasteiger partial charge is 0.327 e. The van der Waals surface area contributed by atoms with Crippen molar-refractivity contribution in [3.05, 3.63) is 35.4 Å². The first-order valence-electron chi connectivity index (χ1n) is 7.23. The zero-order valence-corrected chi connectivity index (χ0v) is 12.9. The van der Waals surface area contributed by atoms with E-state index in [0.717, 1.165) is 5.56 Å². The summed E-state index contributed by atoms with van der Waals surface area (Å²) in [7, 11) is 0. The highest BCUT2D eigenvalue weighted by atomic mass is 16.4.